The number of aromatic nitrogens is 1. The third-order valence-electron chi connectivity index (χ3n) is 3.78. The van der Waals surface area contributed by atoms with Crippen LogP contribution in [0.3, 0.4) is 0 Å². The van der Waals surface area contributed by atoms with E-state index in [4.69, 9.17) is 14.7 Å². The molecule has 0 unspecified atom stereocenters. The molecule has 6 nitrogen and oxygen atoms in total. The first kappa shape index (κ1) is 20.1. The number of ether oxygens (including phenoxy) is 2. The van der Waals surface area contributed by atoms with Gasteiger partial charge in [0, 0.05) is 45.4 Å². The average Bonchev–Trinajstić information content (AvgIpc) is 2.67. The third kappa shape index (κ3) is 6.92. The molecular weight excluding hydrogens is 342 g/mol. The molecule has 0 radical (unpaired) electrons. The summed E-state index contributed by atoms with van der Waals surface area (Å²) in [5.41, 5.74) is 2.04. The number of carbonyl (C=O) groups excluding carboxylic acids is 1. The Hall–Kier alpha value is -3.17. The minimum absolute atomic E-state index is 0.389. The van der Waals surface area contributed by atoms with E-state index in [9.17, 15) is 4.79 Å². The number of hydrogen-bond acceptors (Lipinski definition) is 6. The summed E-state index contributed by atoms with van der Waals surface area (Å²) < 4.78 is 10.4. The number of pyridine rings is 1. The lowest BCUT2D eigenvalue weighted by molar-refractivity contribution is -0.132. The summed E-state index contributed by atoms with van der Waals surface area (Å²) in [7, 11) is 1.54. The highest BCUT2D eigenvalue weighted by Gasteiger charge is 2.07. The van der Waals surface area contributed by atoms with Crippen molar-refractivity contribution in [1.29, 1.82) is 5.26 Å². The lowest BCUT2D eigenvalue weighted by Gasteiger charge is -2.19. The zero-order chi connectivity index (χ0) is 19.5. The van der Waals surface area contributed by atoms with Crippen LogP contribution in [0.5, 0.6) is 11.5 Å². The molecule has 6 heteroatoms. The number of esters is 1. The fraction of sp³-hybridized carbons (Fsp3) is 0.286. The molecule has 0 saturated carbocycles. The van der Waals surface area contributed by atoms with Gasteiger partial charge in [0.05, 0.1) is 13.2 Å². The van der Waals surface area contributed by atoms with Crippen molar-refractivity contribution in [1.82, 2.24) is 9.88 Å². The number of benzene rings is 1. The Morgan fingerprint density at radius 2 is 2.19 bits per heavy atom. The van der Waals surface area contributed by atoms with Crippen LogP contribution in [-0.2, 0) is 11.3 Å². The number of rotatable bonds is 9. The lowest BCUT2D eigenvalue weighted by atomic mass is 10.2. The fourth-order valence-corrected chi connectivity index (χ4v) is 2.56. The number of nitriles is 1. The second-order valence-corrected chi connectivity index (χ2v) is 5.91. The standard InChI is InChI=1S/C21H23N3O3/c1-17(25)27-20-9-8-18(14-21(20)26-2)7-4-12-24(13-5-10-22)16-19-6-3-11-23-15-19/h3-4,6-9,11,14-15H,5,12-13,16H2,1-2H3. The van der Waals surface area contributed by atoms with E-state index in [1.54, 1.807) is 12.3 Å². The van der Waals surface area contributed by atoms with E-state index in [0.29, 0.717) is 31.0 Å². The number of carbonyl (C=O) groups is 1. The largest absolute Gasteiger partial charge is 0.493 e. The van der Waals surface area contributed by atoms with Gasteiger partial charge in [0.15, 0.2) is 11.5 Å². The summed E-state index contributed by atoms with van der Waals surface area (Å²) in [6.07, 6.45) is 8.06. The van der Waals surface area contributed by atoms with Gasteiger partial charge in [0.25, 0.3) is 0 Å². The normalized spacial score (nSPS) is 10.7. The molecule has 2 aromatic rings. The lowest BCUT2D eigenvalue weighted by Crippen LogP contribution is -2.24. The van der Waals surface area contributed by atoms with Crippen LogP contribution in [0.4, 0.5) is 0 Å². The first-order valence-corrected chi connectivity index (χ1v) is 8.63. The van der Waals surface area contributed by atoms with Crippen molar-refractivity contribution in [3.63, 3.8) is 0 Å². The topological polar surface area (TPSA) is 75.4 Å². The van der Waals surface area contributed by atoms with Gasteiger partial charge in [-0.3, -0.25) is 14.7 Å². The van der Waals surface area contributed by atoms with Gasteiger partial charge >= 0.3 is 5.97 Å². The van der Waals surface area contributed by atoms with E-state index in [0.717, 1.165) is 17.7 Å². The van der Waals surface area contributed by atoms with Crippen molar-refractivity contribution >= 4 is 12.0 Å². The van der Waals surface area contributed by atoms with Crippen molar-refractivity contribution < 1.29 is 14.3 Å². The molecule has 27 heavy (non-hydrogen) atoms. The predicted octanol–water partition coefficient (Wildman–Crippen LogP) is 3.44. The summed E-state index contributed by atoms with van der Waals surface area (Å²) in [6, 6.07) is 11.5. The van der Waals surface area contributed by atoms with Crippen molar-refractivity contribution in [2.45, 2.75) is 19.9 Å². The fourth-order valence-electron chi connectivity index (χ4n) is 2.56. The molecule has 0 N–H and O–H groups in total. The van der Waals surface area contributed by atoms with Gasteiger partial charge in [-0.25, -0.2) is 0 Å². The van der Waals surface area contributed by atoms with Crippen LogP contribution in [0.25, 0.3) is 6.08 Å². The second kappa shape index (κ2) is 10.7. The van der Waals surface area contributed by atoms with E-state index < -0.39 is 0 Å². The zero-order valence-electron chi connectivity index (χ0n) is 15.6. The maximum atomic E-state index is 11.1. The molecular formula is C21H23N3O3. The Morgan fingerprint density at radius 3 is 2.85 bits per heavy atom. The maximum absolute atomic E-state index is 11.1. The van der Waals surface area contributed by atoms with Crippen LogP contribution < -0.4 is 9.47 Å². The highest BCUT2D eigenvalue weighted by Crippen LogP contribution is 2.28. The summed E-state index contributed by atoms with van der Waals surface area (Å²) >= 11 is 0. The van der Waals surface area contributed by atoms with Crippen molar-refractivity contribution in [2.75, 3.05) is 20.2 Å². The Labute approximate surface area is 159 Å². The number of methoxy groups -OCH3 is 1. The van der Waals surface area contributed by atoms with Gasteiger partial charge in [-0.2, -0.15) is 5.26 Å². The van der Waals surface area contributed by atoms with Crippen LogP contribution in [-0.4, -0.2) is 36.1 Å². The van der Waals surface area contributed by atoms with Crippen LogP contribution in [0.1, 0.15) is 24.5 Å². The van der Waals surface area contributed by atoms with Crippen LogP contribution in [0.15, 0.2) is 48.8 Å². The Bertz CT molecular complexity index is 813. The van der Waals surface area contributed by atoms with Crippen LogP contribution in [0.2, 0.25) is 0 Å². The molecule has 0 atom stereocenters. The molecule has 0 saturated heterocycles. The molecule has 0 aliphatic rings. The molecule has 1 heterocycles. The minimum atomic E-state index is -0.389. The van der Waals surface area contributed by atoms with E-state index in [1.165, 1.54) is 14.0 Å². The van der Waals surface area contributed by atoms with E-state index in [-0.39, 0.29) is 5.97 Å². The minimum Gasteiger partial charge on any atom is -0.493 e. The zero-order valence-corrected chi connectivity index (χ0v) is 15.6. The quantitative estimate of drug-likeness (QED) is 0.500. The van der Waals surface area contributed by atoms with Gasteiger partial charge < -0.3 is 9.47 Å². The van der Waals surface area contributed by atoms with Gasteiger partial charge in [0.1, 0.15) is 0 Å². The molecule has 0 amide bonds. The molecule has 0 aliphatic heterocycles. The van der Waals surface area contributed by atoms with E-state index >= 15 is 0 Å². The highest BCUT2D eigenvalue weighted by atomic mass is 16.6. The first-order valence-electron chi connectivity index (χ1n) is 8.63. The Morgan fingerprint density at radius 1 is 1.33 bits per heavy atom. The van der Waals surface area contributed by atoms with E-state index in [1.807, 2.05) is 42.6 Å². The van der Waals surface area contributed by atoms with Gasteiger partial charge in [-0.05, 0) is 29.3 Å². The molecule has 1 aromatic carbocycles. The van der Waals surface area contributed by atoms with Crippen LogP contribution in [0, 0.1) is 11.3 Å². The Balaban J connectivity index is 2.03. The van der Waals surface area contributed by atoms with Crippen molar-refractivity contribution in [3.8, 4) is 17.6 Å². The number of nitrogens with zero attached hydrogens (tertiary/aromatic N) is 3. The summed E-state index contributed by atoms with van der Waals surface area (Å²) in [5, 5.41) is 8.87. The summed E-state index contributed by atoms with van der Waals surface area (Å²) in [4.78, 5) is 17.4. The highest BCUT2D eigenvalue weighted by molar-refractivity contribution is 5.71. The smallest absolute Gasteiger partial charge is 0.308 e. The van der Waals surface area contributed by atoms with Crippen LogP contribution >= 0.6 is 0 Å². The van der Waals surface area contributed by atoms with Gasteiger partial charge in [-0.1, -0.05) is 24.3 Å². The van der Waals surface area contributed by atoms with Gasteiger partial charge in [0.2, 0.25) is 0 Å². The maximum Gasteiger partial charge on any atom is 0.308 e. The van der Waals surface area contributed by atoms with Crippen molar-refractivity contribution in [2.24, 2.45) is 0 Å². The third-order valence-corrected chi connectivity index (χ3v) is 3.78. The monoisotopic (exact) mass is 365 g/mol. The molecule has 1 aromatic heterocycles. The van der Waals surface area contributed by atoms with Crippen molar-refractivity contribution in [3.05, 3.63) is 59.9 Å². The Kier molecular flexibility index (Phi) is 8.01. The molecule has 0 aliphatic carbocycles. The second-order valence-electron chi connectivity index (χ2n) is 5.91. The predicted molar refractivity (Wildman–Crippen MR) is 103 cm³/mol. The SMILES string of the molecule is COc1cc(C=CCN(CCC#N)Cc2cccnc2)ccc1OC(C)=O. The summed E-state index contributed by atoms with van der Waals surface area (Å²) in [5.74, 6) is 0.513. The summed E-state index contributed by atoms with van der Waals surface area (Å²) in [6.45, 7) is 3.47. The molecule has 0 fully saturated rings. The molecule has 0 spiro atoms. The average molecular weight is 365 g/mol. The van der Waals surface area contributed by atoms with Gasteiger partial charge in [-0.15, -0.1) is 0 Å². The first-order chi connectivity index (χ1) is 13.1. The number of hydrogen-bond donors (Lipinski definition) is 0. The van der Waals surface area contributed by atoms with E-state index in [2.05, 4.69) is 16.0 Å². The molecule has 2 rings (SSSR count). The molecule has 140 valence electrons. The molecule has 0 bridgehead atoms.